The summed E-state index contributed by atoms with van der Waals surface area (Å²) < 4.78 is 10.7. The normalized spacial score (nSPS) is 24.3. The van der Waals surface area contributed by atoms with Crippen LogP contribution < -0.4 is 4.90 Å². The molecule has 2 unspecified atom stereocenters. The topological polar surface area (TPSA) is 47.5 Å². The highest BCUT2D eigenvalue weighted by atomic mass is 35.5. The molecule has 0 bridgehead atoms. The summed E-state index contributed by atoms with van der Waals surface area (Å²) in [6, 6.07) is 2.07. The van der Waals surface area contributed by atoms with E-state index in [9.17, 15) is 0 Å². The van der Waals surface area contributed by atoms with Gasteiger partial charge in [-0.3, -0.25) is 0 Å². The van der Waals surface area contributed by atoms with Crippen molar-refractivity contribution in [3.63, 3.8) is 0 Å². The van der Waals surface area contributed by atoms with E-state index in [4.69, 9.17) is 21.1 Å². The molecule has 0 aromatic carbocycles. The van der Waals surface area contributed by atoms with Crippen LogP contribution in [-0.2, 0) is 16.1 Å². The molecule has 1 aliphatic rings. The Morgan fingerprint density at radius 1 is 1.50 bits per heavy atom. The van der Waals surface area contributed by atoms with Gasteiger partial charge in [0.05, 0.1) is 18.8 Å². The van der Waals surface area contributed by atoms with Crippen LogP contribution in [0, 0.1) is 0 Å². The molecule has 0 aliphatic carbocycles. The maximum Gasteiger partial charge on any atom is 0.158 e. The molecule has 2 rings (SSSR count). The van der Waals surface area contributed by atoms with E-state index in [2.05, 4.69) is 28.7 Å². The summed E-state index contributed by atoms with van der Waals surface area (Å²) in [4.78, 5) is 10.8. The Hall–Kier alpha value is -0.910. The number of morpholine rings is 1. The van der Waals surface area contributed by atoms with Crippen molar-refractivity contribution in [3.8, 4) is 0 Å². The molecule has 0 N–H and O–H groups in total. The van der Waals surface area contributed by atoms with Gasteiger partial charge in [-0.25, -0.2) is 9.97 Å². The zero-order valence-electron chi connectivity index (χ0n) is 10.9. The van der Waals surface area contributed by atoms with Crippen LogP contribution in [-0.4, -0.2) is 42.4 Å². The number of ether oxygens (including phenoxy) is 2. The lowest BCUT2D eigenvalue weighted by Crippen LogP contribution is -2.47. The number of hydrogen-bond acceptors (Lipinski definition) is 5. The Morgan fingerprint density at radius 3 is 3.00 bits per heavy atom. The minimum absolute atomic E-state index is 0.195. The number of methoxy groups -OCH3 is 1. The Bertz CT molecular complexity index is 416. The monoisotopic (exact) mass is 271 g/mol. The molecule has 2 atom stereocenters. The molecule has 6 heteroatoms. The lowest BCUT2D eigenvalue weighted by atomic mass is 10.2. The first-order chi connectivity index (χ1) is 8.60. The number of aromatic nitrogens is 2. The van der Waals surface area contributed by atoms with Gasteiger partial charge in [-0.1, -0.05) is 11.6 Å². The number of halogens is 1. The molecule has 1 fully saturated rings. The van der Waals surface area contributed by atoms with Gasteiger partial charge < -0.3 is 14.4 Å². The SMILES string of the molecule is COCc1nc(Cl)cc(N2CC(C)OCC2C)n1. The fourth-order valence-corrected chi connectivity index (χ4v) is 2.21. The van der Waals surface area contributed by atoms with Gasteiger partial charge in [-0.2, -0.15) is 0 Å². The second-order valence-corrected chi connectivity index (χ2v) is 4.93. The summed E-state index contributed by atoms with van der Waals surface area (Å²) in [7, 11) is 1.61. The highest BCUT2D eigenvalue weighted by molar-refractivity contribution is 6.29. The smallest absolute Gasteiger partial charge is 0.158 e. The molecular formula is C12H18ClN3O2. The van der Waals surface area contributed by atoms with E-state index in [0.717, 1.165) is 12.4 Å². The second-order valence-electron chi connectivity index (χ2n) is 4.54. The molecule has 100 valence electrons. The van der Waals surface area contributed by atoms with Crippen molar-refractivity contribution in [3.05, 3.63) is 17.0 Å². The summed E-state index contributed by atoms with van der Waals surface area (Å²) in [5.41, 5.74) is 0. The van der Waals surface area contributed by atoms with E-state index in [1.807, 2.05) is 0 Å². The fourth-order valence-electron chi connectivity index (χ4n) is 2.01. The third-order valence-electron chi connectivity index (χ3n) is 2.90. The molecule has 0 spiro atoms. The van der Waals surface area contributed by atoms with Gasteiger partial charge in [0, 0.05) is 19.7 Å². The zero-order valence-corrected chi connectivity index (χ0v) is 11.6. The number of nitrogens with zero attached hydrogens (tertiary/aromatic N) is 3. The van der Waals surface area contributed by atoms with Crippen molar-refractivity contribution in [1.29, 1.82) is 0 Å². The molecule has 0 saturated carbocycles. The average molecular weight is 272 g/mol. The lowest BCUT2D eigenvalue weighted by Gasteiger charge is -2.37. The highest BCUT2D eigenvalue weighted by Gasteiger charge is 2.25. The van der Waals surface area contributed by atoms with Crippen molar-refractivity contribution in [2.75, 3.05) is 25.2 Å². The molecule has 1 aliphatic heterocycles. The molecule has 0 radical (unpaired) electrons. The second kappa shape index (κ2) is 5.82. The van der Waals surface area contributed by atoms with Crippen LogP contribution in [0.15, 0.2) is 6.07 Å². The number of hydrogen-bond donors (Lipinski definition) is 0. The van der Waals surface area contributed by atoms with E-state index >= 15 is 0 Å². The lowest BCUT2D eigenvalue weighted by molar-refractivity contribution is 0.0340. The van der Waals surface area contributed by atoms with Crippen molar-refractivity contribution in [2.45, 2.75) is 32.6 Å². The van der Waals surface area contributed by atoms with Gasteiger partial charge in [0.15, 0.2) is 5.82 Å². The number of anilines is 1. The Labute approximate surface area is 112 Å². The Balaban J connectivity index is 2.25. The van der Waals surface area contributed by atoms with Crippen LogP contribution in [0.25, 0.3) is 0 Å². The summed E-state index contributed by atoms with van der Waals surface area (Å²) in [5, 5.41) is 0.443. The number of rotatable bonds is 3. The van der Waals surface area contributed by atoms with Crippen molar-refractivity contribution in [1.82, 2.24) is 9.97 Å². The van der Waals surface area contributed by atoms with Crippen LogP contribution in [0.3, 0.4) is 0 Å². The molecule has 1 aromatic rings. The maximum atomic E-state index is 6.02. The molecular weight excluding hydrogens is 254 g/mol. The molecule has 2 heterocycles. The minimum atomic E-state index is 0.195. The zero-order chi connectivity index (χ0) is 13.1. The Morgan fingerprint density at radius 2 is 2.28 bits per heavy atom. The third kappa shape index (κ3) is 3.10. The summed E-state index contributed by atoms with van der Waals surface area (Å²) >= 11 is 6.02. The van der Waals surface area contributed by atoms with E-state index in [1.165, 1.54) is 0 Å². The predicted octanol–water partition coefficient (Wildman–Crippen LogP) is 1.89. The summed E-state index contributed by atoms with van der Waals surface area (Å²) in [6.45, 7) is 6.03. The Kier molecular flexibility index (Phi) is 4.37. The van der Waals surface area contributed by atoms with E-state index in [0.29, 0.717) is 24.2 Å². The third-order valence-corrected chi connectivity index (χ3v) is 3.10. The molecule has 5 nitrogen and oxygen atoms in total. The van der Waals surface area contributed by atoms with Gasteiger partial charge in [-0.15, -0.1) is 0 Å². The standard InChI is InChI=1S/C12H18ClN3O2/c1-8-6-18-9(2)5-16(8)12-4-10(13)14-11(15-12)7-17-3/h4,8-9H,5-7H2,1-3H3. The van der Waals surface area contributed by atoms with E-state index < -0.39 is 0 Å². The molecule has 1 aromatic heterocycles. The molecule has 0 amide bonds. The van der Waals surface area contributed by atoms with Crippen molar-refractivity contribution >= 4 is 17.4 Å². The van der Waals surface area contributed by atoms with E-state index in [1.54, 1.807) is 13.2 Å². The van der Waals surface area contributed by atoms with Crippen LogP contribution in [0.2, 0.25) is 5.15 Å². The van der Waals surface area contributed by atoms with Crippen molar-refractivity contribution in [2.24, 2.45) is 0 Å². The maximum absolute atomic E-state index is 6.02. The molecule has 1 saturated heterocycles. The van der Waals surface area contributed by atoms with Crippen LogP contribution >= 0.6 is 11.6 Å². The van der Waals surface area contributed by atoms with Gasteiger partial charge in [-0.05, 0) is 13.8 Å². The first-order valence-electron chi connectivity index (χ1n) is 6.00. The van der Waals surface area contributed by atoms with Crippen LogP contribution in [0.5, 0.6) is 0 Å². The first kappa shape index (κ1) is 13.5. The van der Waals surface area contributed by atoms with Crippen LogP contribution in [0.4, 0.5) is 5.82 Å². The van der Waals surface area contributed by atoms with Gasteiger partial charge in [0.1, 0.15) is 17.6 Å². The highest BCUT2D eigenvalue weighted by Crippen LogP contribution is 2.22. The van der Waals surface area contributed by atoms with Gasteiger partial charge >= 0.3 is 0 Å². The van der Waals surface area contributed by atoms with Crippen molar-refractivity contribution < 1.29 is 9.47 Å². The first-order valence-corrected chi connectivity index (χ1v) is 6.38. The predicted molar refractivity (Wildman–Crippen MR) is 70.0 cm³/mol. The molecule has 18 heavy (non-hydrogen) atoms. The van der Waals surface area contributed by atoms with Gasteiger partial charge in [0.2, 0.25) is 0 Å². The minimum Gasteiger partial charge on any atom is -0.377 e. The van der Waals surface area contributed by atoms with Gasteiger partial charge in [0.25, 0.3) is 0 Å². The summed E-state index contributed by atoms with van der Waals surface area (Å²) in [6.07, 6.45) is 0.195. The largest absolute Gasteiger partial charge is 0.377 e. The van der Waals surface area contributed by atoms with E-state index in [-0.39, 0.29) is 12.1 Å². The fraction of sp³-hybridized carbons (Fsp3) is 0.667. The average Bonchev–Trinajstić information content (AvgIpc) is 2.32. The quantitative estimate of drug-likeness (QED) is 0.786. The van der Waals surface area contributed by atoms with Crippen LogP contribution in [0.1, 0.15) is 19.7 Å². The summed E-state index contributed by atoms with van der Waals surface area (Å²) in [5.74, 6) is 1.44.